The predicted octanol–water partition coefficient (Wildman–Crippen LogP) is 3.46. The van der Waals surface area contributed by atoms with Gasteiger partial charge in [0, 0.05) is 19.6 Å². The molecule has 1 fully saturated rings. The Morgan fingerprint density at radius 3 is 2.26 bits per heavy atom. The van der Waals surface area contributed by atoms with E-state index >= 15 is 0 Å². The van der Waals surface area contributed by atoms with E-state index in [4.69, 9.17) is 14.2 Å². The Balaban J connectivity index is 1.59. The molecule has 0 bridgehead atoms. The molecular weight excluding hydrogens is 290 g/mol. The lowest BCUT2D eigenvalue weighted by molar-refractivity contribution is 0.0590. The van der Waals surface area contributed by atoms with Crippen LogP contribution in [0.1, 0.15) is 27.2 Å². The topological polar surface area (TPSA) is 30.9 Å². The lowest BCUT2D eigenvalue weighted by Crippen LogP contribution is -2.40. The highest BCUT2D eigenvalue weighted by Gasteiger charge is 2.21. The van der Waals surface area contributed by atoms with Gasteiger partial charge in [-0.25, -0.2) is 0 Å². The fraction of sp³-hybridized carbons (Fsp3) is 0.684. The highest BCUT2D eigenvalue weighted by atomic mass is 16.5. The first kappa shape index (κ1) is 18.1. The molecule has 1 aromatic rings. The van der Waals surface area contributed by atoms with E-state index in [-0.39, 0.29) is 0 Å². The quantitative estimate of drug-likeness (QED) is 0.652. The summed E-state index contributed by atoms with van der Waals surface area (Å²) in [5.74, 6) is 3.19. The van der Waals surface area contributed by atoms with Crippen molar-refractivity contribution in [3.8, 4) is 11.5 Å². The van der Waals surface area contributed by atoms with Gasteiger partial charge in [0.25, 0.3) is 0 Å². The van der Waals surface area contributed by atoms with Gasteiger partial charge in [0.15, 0.2) is 11.5 Å². The average Bonchev–Trinajstić information content (AvgIpc) is 2.51. The minimum absolute atomic E-state index is 0.552. The molecule has 2 rings (SSSR count). The summed E-state index contributed by atoms with van der Waals surface area (Å²) in [6.07, 6.45) is 1.35. The average molecular weight is 321 g/mol. The van der Waals surface area contributed by atoms with Crippen LogP contribution in [-0.4, -0.2) is 51.0 Å². The molecule has 1 saturated heterocycles. The molecule has 130 valence electrons. The highest BCUT2D eigenvalue weighted by Crippen LogP contribution is 2.26. The van der Waals surface area contributed by atoms with Gasteiger partial charge in [-0.05, 0) is 37.3 Å². The van der Waals surface area contributed by atoms with Gasteiger partial charge in [-0.1, -0.05) is 26.0 Å². The molecule has 1 heterocycles. The molecule has 0 aromatic heterocycles. The van der Waals surface area contributed by atoms with Gasteiger partial charge in [0.05, 0.1) is 19.8 Å². The van der Waals surface area contributed by atoms with Gasteiger partial charge in [-0.3, -0.25) is 0 Å². The molecule has 0 saturated carbocycles. The molecule has 1 aromatic carbocycles. The van der Waals surface area contributed by atoms with Crippen molar-refractivity contribution in [2.24, 2.45) is 11.8 Å². The molecule has 1 aliphatic rings. The summed E-state index contributed by atoms with van der Waals surface area (Å²) in [5.41, 5.74) is 0. The van der Waals surface area contributed by atoms with Crippen LogP contribution in [0.2, 0.25) is 0 Å². The molecule has 23 heavy (non-hydrogen) atoms. The molecule has 0 radical (unpaired) electrons. The van der Waals surface area contributed by atoms with E-state index in [1.165, 1.54) is 19.5 Å². The van der Waals surface area contributed by atoms with Gasteiger partial charge < -0.3 is 19.1 Å². The number of piperidine rings is 1. The number of para-hydroxylation sites is 2. The first-order chi connectivity index (χ1) is 11.2. The van der Waals surface area contributed by atoms with Gasteiger partial charge in [0.1, 0.15) is 6.61 Å². The summed E-state index contributed by atoms with van der Waals surface area (Å²) < 4.78 is 17.0. The second-order valence-corrected chi connectivity index (χ2v) is 6.55. The number of likely N-dealkylation sites (tertiary alicyclic amines) is 1. The molecule has 0 aliphatic carbocycles. The summed E-state index contributed by atoms with van der Waals surface area (Å²) in [6, 6.07) is 7.77. The molecule has 0 amide bonds. The zero-order valence-corrected chi connectivity index (χ0v) is 14.8. The third kappa shape index (κ3) is 6.40. The first-order valence-corrected chi connectivity index (χ1v) is 8.83. The van der Waals surface area contributed by atoms with E-state index in [2.05, 4.69) is 18.7 Å². The maximum atomic E-state index is 5.75. The minimum atomic E-state index is 0.552. The van der Waals surface area contributed by atoms with Crippen molar-refractivity contribution in [1.29, 1.82) is 0 Å². The second-order valence-electron chi connectivity index (χ2n) is 6.55. The molecule has 1 aliphatic heterocycles. The smallest absolute Gasteiger partial charge is 0.161 e. The molecule has 0 N–H and O–H groups in total. The van der Waals surface area contributed by atoms with Crippen LogP contribution >= 0.6 is 0 Å². The Morgan fingerprint density at radius 1 is 0.957 bits per heavy atom. The van der Waals surface area contributed by atoms with E-state index in [9.17, 15) is 0 Å². The Kier molecular flexibility index (Phi) is 7.69. The maximum absolute atomic E-state index is 5.75. The van der Waals surface area contributed by atoms with Crippen molar-refractivity contribution >= 4 is 0 Å². The van der Waals surface area contributed by atoms with Gasteiger partial charge >= 0.3 is 0 Å². The van der Waals surface area contributed by atoms with Crippen LogP contribution in [0.25, 0.3) is 0 Å². The lowest BCUT2D eigenvalue weighted by atomic mass is 9.92. The van der Waals surface area contributed by atoms with Crippen molar-refractivity contribution in [1.82, 2.24) is 4.90 Å². The van der Waals surface area contributed by atoms with Crippen LogP contribution in [0.5, 0.6) is 11.5 Å². The maximum Gasteiger partial charge on any atom is 0.161 e. The number of nitrogens with zero attached hydrogens (tertiary/aromatic N) is 1. The monoisotopic (exact) mass is 321 g/mol. The Labute approximate surface area is 140 Å². The van der Waals surface area contributed by atoms with Crippen LogP contribution in [0.3, 0.4) is 0 Å². The van der Waals surface area contributed by atoms with Crippen molar-refractivity contribution < 1.29 is 14.2 Å². The zero-order valence-electron chi connectivity index (χ0n) is 14.8. The van der Waals surface area contributed by atoms with Gasteiger partial charge in [0.2, 0.25) is 0 Å². The summed E-state index contributed by atoms with van der Waals surface area (Å²) >= 11 is 0. The van der Waals surface area contributed by atoms with Gasteiger partial charge in [-0.15, -0.1) is 0 Å². The second kappa shape index (κ2) is 9.78. The highest BCUT2D eigenvalue weighted by molar-refractivity contribution is 5.39. The summed E-state index contributed by atoms with van der Waals surface area (Å²) in [5, 5.41) is 0. The number of rotatable bonds is 9. The zero-order chi connectivity index (χ0) is 16.5. The van der Waals surface area contributed by atoms with Crippen LogP contribution in [-0.2, 0) is 4.74 Å². The van der Waals surface area contributed by atoms with Crippen molar-refractivity contribution in [3.05, 3.63) is 24.3 Å². The Hall–Kier alpha value is -1.26. The van der Waals surface area contributed by atoms with E-state index in [1.54, 1.807) is 0 Å². The van der Waals surface area contributed by atoms with Crippen molar-refractivity contribution in [3.63, 3.8) is 0 Å². The molecular formula is C19H31NO3. The number of hydrogen-bond donors (Lipinski definition) is 0. The summed E-state index contributed by atoms with van der Waals surface area (Å²) in [7, 11) is 0. The predicted molar refractivity (Wildman–Crippen MR) is 93.3 cm³/mol. The Morgan fingerprint density at radius 2 is 1.61 bits per heavy atom. The number of hydrogen-bond acceptors (Lipinski definition) is 4. The van der Waals surface area contributed by atoms with Gasteiger partial charge in [-0.2, -0.15) is 0 Å². The van der Waals surface area contributed by atoms with E-state index in [1.807, 2.05) is 31.2 Å². The third-order valence-corrected chi connectivity index (χ3v) is 4.13. The van der Waals surface area contributed by atoms with Crippen LogP contribution in [0.15, 0.2) is 24.3 Å². The van der Waals surface area contributed by atoms with Crippen LogP contribution in [0, 0.1) is 11.8 Å². The number of benzene rings is 1. The van der Waals surface area contributed by atoms with Crippen LogP contribution < -0.4 is 9.47 Å². The minimum Gasteiger partial charge on any atom is -0.490 e. The standard InChI is InChI=1S/C19H31NO3/c1-4-22-18-7-5-6-8-19(18)23-12-11-21-10-9-20-14-16(2)13-17(3)15-20/h5-8,16-17H,4,9-15H2,1-3H3/t16-,17-/m0/s1. The summed E-state index contributed by atoms with van der Waals surface area (Å²) in [4.78, 5) is 2.52. The molecule has 0 spiro atoms. The Bertz CT molecular complexity index is 442. The summed E-state index contributed by atoms with van der Waals surface area (Å²) in [6.45, 7) is 12.7. The third-order valence-electron chi connectivity index (χ3n) is 4.13. The molecule has 0 unspecified atom stereocenters. The largest absolute Gasteiger partial charge is 0.490 e. The first-order valence-electron chi connectivity index (χ1n) is 8.83. The number of ether oxygens (including phenoxy) is 3. The SMILES string of the molecule is CCOc1ccccc1OCCOCCN1C[C@@H](C)C[C@H](C)C1. The van der Waals surface area contributed by atoms with E-state index in [0.717, 1.165) is 36.5 Å². The normalized spacial score (nSPS) is 22.0. The van der Waals surface area contributed by atoms with Crippen LogP contribution in [0.4, 0.5) is 0 Å². The van der Waals surface area contributed by atoms with Crippen molar-refractivity contribution in [2.45, 2.75) is 27.2 Å². The molecule has 2 atom stereocenters. The van der Waals surface area contributed by atoms with E-state index in [0.29, 0.717) is 19.8 Å². The van der Waals surface area contributed by atoms with Crippen molar-refractivity contribution in [2.75, 3.05) is 46.1 Å². The molecule has 4 nitrogen and oxygen atoms in total. The fourth-order valence-electron chi connectivity index (χ4n) is 3.33. The molecule has 4 heteroatoms. The fourth-order valence-corrected chi connectivity index (χ4v) is 3.33. The lowest BCUT2D eigenvalue weighted by Gasteiger charge is -2.34. The van der Waals surface area contributed by atoms with E-state index < -0.39 is 0 Å².